The van der Waals surface area contributed by atoms with E-state index in [0.717, 1.165) is 25.0 Å². The molecule has 0 bridgehead atoms. The fraction of sp³-hybridized carbons (Fsp3) is 1.00. The lowest BCUT2D eigenvalue weighted by molar-refractivity contribution is -0.155. The average molecular weight is 168 g/mol. The van der Waals surface area contributed by atoms with Crippen molar-refractivity contribution < 1.29 is 9.47 Å². The molecule has 0 aromatic carbocycles. The van der Waals surface area contributed by atoms with E-state index in [4.69, 9.17) is 9.47 Å². The molecule has 0 aromatic rings. The minimum atomic E-state index is -0.115. The van der Waals surface area contributed by atoms with Crippen LogP contribution >= 0.6 is 0 Å². The molecular formula is C10H16O2. The third-order valence-corrected chi connectivity index (χ3v) is 3.78. The van der Waals surface area contributed by atoms with E-state index >= 15 is 0 Å². The highest BCUT2D eigenvalue weighted by Gasteiger charge is 2.50. The first-order chi connectivity index (χ1) is 5.88. The van der Waals surface area contributed by atoms with Crippen LogP contribution < -0.4 is 0 Å². The van der Waals surface area contributed by atoms with Crippen LogP contribution in [0.15, 0.2) is 0 Å². The highest BCUT2D eigenvalue weighted by atomic mass is 16.7. The summed E-state index contributed by atoms with van der Waals surface area (Å²) >= 11 is 0. The Kier molecular flexibility index (Phi) is 1.50. The molecule has 3 rings (SSSR count). The van der Waals surface area contributed by atoms with E-state index in [9.17, 15) is 0 Å². The van der Waals surface area contributed by atoms with Crippen molar-refractivity contribution >= 4 is 0 Å². The van der Waals surface area contributed by atoms with Crippen LogP contribution in [0.4, 0.5) is 0 Å². The molecule has 1 spiro atoms. The molecule has 12 heavy (non-hydrogen) atoms. The third kappa shape index (κ3) is 0.944. The predicted molar refractivity (Wildman–Crippen MR) is 44.7 cm³/mol. The second-order valence-electron chi connectivity index (χ2n) is 4.47. The fourth-order valence-electron chi connectivity index (χ4n) is 3.27. The SMILES string of the molecule is C1CC2CC3(CC2C1)OCCO3. The van der Waals surface area contributed by atoms with Crippen molar-refractivity contribution in [3.8, 4) is 0 Å². The topological polar surface area (TPSA) is 18.5 Å². The highest BCUT2D eigenvalue weighted by molar-refractivity contribution is 4.94. The Morgan fingerprint density at radius 3 is 2.08 bits per heavy atom. The maximum atomic E-state index is 5.72. The summed E-state index contributed by atoms with van der Waals surface area (Å²) in [6.45, 7) is 1.64. The molecule has 2 atom stereocenters. The molecule has 1 aliphatic heterocycles. The predicted octanol–water partition coefficient (Wildman–Crippen LogP) is 1.94. The first-order valence-corrected chi connectivity index (χ1v) is 5.16. The molecule has 1 heterocycles. The first-order valence-electron chi connectivity index (χ1n) is 5.16. The van der Waals surface area contributed by atoms with Crippen LogP contribution in [-0.2, 0) is 9.47 Å². The number of ether oxygens (including phenoxy) is 2. The van der Waals surface area contributed by atoms with E-state index in [-0.39, 0.29) is 5.79 Å². The molecule has 1 saturated heterocycles. The van der Waals surface area contributed by atoms with Gasteiger partial charge in [-0.2, -0.15) is 0 Å². The van der Waals surface area contributed by atoms with Gasteiger partial charge in [0.2, 0.25) is 0 Å². The van der Waals surface area contributed by atoms with Crippen molar-refractivity contribution in [1.29, 1.82) is 0 Å². The van der Waals surface area contributed by atoms with Gasteiger partial charge in [-0.1, -0.05) is 6.42 Å². The lowest BCUT2D eigenvalue weighted by Gasteiger charge is -2.22. The van der Waals surface area contributed by atoms with Crippen LogP contribution in [-0.4, -0.2) is 19.0 Å². The summed E-state index contributed by atoms with van der Waals surface area (Å²) in [6.07, 6.45) is 6.62. The van der Waals surface area contributed by atoms with Crippen molar-refractivity contribution in [3.05, 3.63) is 0 Å². The molecule has 2 saturated carbocycles. The molecule has 2 unspecified atom stereocenters. The quantitative estimate of drug-likeness (QED) is 0.550. The molecule has 3 fully saturated rings. The summed E-state index contributed by atoms with van der Waals surface area (Å²) in [5, 5.41) is 0. The second kappa shape index (κ2) is 2.46. The van der Waals surface area contributed by atoms with Crippen molar-refractivity contribution in [2.24, 2.45) is 11.8 Å². The van der Waals surface area contributed by atoms with Crippen molar-refractivity contribution in [3.63, 3.8) is 0 Å². The zero-order valence-electron chi connectivity index (χ0n) is 7.42. The van der Waals surface area contributed by atoms with Gasteiger partial charge in [-0.3, -0.25) is 0 Å². The van der Waals surface area contributed by atoms with Gasteiger partial charge in [-0.15, -0.1) is 0 Å². The number of fused-ring (bicyclic) bond motifs is 1. The van der Waals surface area contributed by atoms with E-state index < -0.39 is 0 Å². The number of rotatable bonds is 0. The van der Waals surface area contributed by atoms with Crippen molar-refractivity contribution in [1.82, 2.24) is 0 Å². The van der Waals surface area contributed by atoms with E-state index in [1.165, 1.54) is 32.1 Å². The molecule has 0 aromatic heterocycles. The summed E-state index contributed by atoms with van der Waals surface area (Å²) in [5.74, 6) is 1.72. The van der Waals surface area contributed by atoms with Gasteiger partial charge in [-0.25, -0.2) is 0 Å². The van der Waals surface area contributed by atoms with Gasteiger partial charge < -0.3 is 9.47 Å². The summed E-state index contributed by atoms with van der Waals surface area (Å²) < 4.78 is 11.4. The largest absolute Gasteiger partial charge is 0.348 e. The first kappa shape index (κ1) is 7.34. The second-order valence-corrected chi connectivity index (χ2v) is 4.47. The van der Waals surface area contributed by atoms with Gasteiger partial charge in [0, 0.05) is 12.8 Å². The molecule has 68 valence electrons. The zero-order valence-corrected chi connectivity index (χ0v) is 7.42. The molecule has 2 nitrogen and oxygen atoms in total. The Labute approximate surface area is 73.2 Å². The smallest absolute Gasteiger partial charge is 0.169 e. The van der Waals surface area contributed by atoms with Crippen LogP contribution in [0.3, 0.4) is 0 Å². The molecular weight excluding hydrogens is 152 g/mol. The summed E-state index contributed by atoms with van der Waals surface area (Å²) in [4.78, 5) is 0. The molecule has 0 radical (unpaired) electrons. The normalized spacial score (nSPS) is 44.0. The number of hydrogen-bond donors (Lipinski definition) is 0. The van der Waals surface area contributed by atoms with E-state index in [1.807, 2.05) is 0 Å². The minimum Gasteiger partial charge on any atom is -0.348 e. The lowest BCUT2D eigenvalue weighted by atomic mass is 10.0. The molecule has 3 aliphatic rings. The van der Waals surface area contributed by atoms with Crippen molar-refractivity contribution in [2.75, 3.05) is 13.2 Å². The average Bonchev–Trinajstić information content (AvgIpc) is 2.66. The van der Waals surface area contributed by atoms with Gasteiger partial charge in [0.25, 0.3) is 0 Å². The Morgan fingerprint density at radius 1 is 0.917 bits per heavy atom. The maximum absolute atomic E-state index is 5.72. The minimum absolute atomic E-state index is 0.115. The van der Waals surface area contributed by atoms with Gasteiger partial charge in [0.15, 0.2) is 5.79 Å². The van der Waals surface area contributed by atoms with Gasteiger partial charge in [0.1, 0.15) is 0 Å². The van der Waals surface area contributed by atoms with E-state index in [1.54, 1.807) is 0 Å². The third-order valence-electron chi connectivity index (χ3n) is 3.78. The summed E-state index contributed by atoms with van der Waals surface area (Å²) in [6, 6.07) is 0. The molecule has 0 N–H and O–H groups in total. The van der Waals surface area contributed by atoms with Crippen LogP contribution in [0.1, 0.15) is 32.1 Å². The fourth-order valence-corrected chi connectivity index (χ4v) is 3.27. The van der Waals surface area contributed by atoms with Crippen LogP contribution in [0.5, 0.6) is 0 Å². The van der Waals surface area contributed by atoms with Gasteiger partial charge in [0.05, 0.1) is 13.2 Å². The lowest BCUT2D eigenvalue weighted by Crippen LogP contribution is -2.26. The standard InChI is InChI=1S/C10H16O2/c1-2-8-6-10(7-9(8)3-1)11-4-5-12-10/h8-9H,1-7H2. The Balaban J connectivity index is 1.77. The summed E-state index contributed by atoms with van der Waals surface area (Å²) in [7, 11) is 0. The van der Waals surface area contributed by atoms with E-state index in [2.05, 4.69) is 0 Å². The van der Waals surface area contributed by atoms with Crippen molar-refractivity contribution in [2.45, 2.75) is 37.9 Å². The van der Waals surface area contributed by atoms with Crippen LogP contribution in [0, 0.1) is 11.8 Å². The number of hydrogen-bond acceptors (Lipinski definition) is 2. The Hall–Kier alpha value is -0.0800. The monoisotopic (exact) mass is 168 g/mol. The zero-order chi connectivity index (χ0) is 8.02. The van der Waals surface area contributed by atoms with Crippen LogP contribution in [0.2, 0.25) is 0 Å². The van der Waals surface area contributed by atoms with Crippen LogP contribution in [0.25, 0.3) is 0 Å². The molecule has 0 amide bonds. The summed E-state index contributed by atoms with van der Waals surface area (Å²) in [5.41, 5.74) is 0. The molecule has 2 aliphatic carbocycles. The Morgan fingerprint density at radius 2 is 1.50 bits per heavy atom. The van der Waals surface area contributed by atoms with Gasteiger partial charge in [-0.05, 0) is 24.7 Å². The van der Waals surface area contributed by atoms with E-state index in [0.29, 0.717) is 0 Å². The highest BCUT2D eigenvalue weighted by Crippen LogP contribution is 2.51. The molecule has 2 heteroatoms. The van der Waals surface area contributed by atoms with Gasteiger partial charge >= 0.3 is 0 Å². The maximum Gasteiger partial charge on any atom is 0.169 e. The Bertz CT molecular complexity index is 170.